The van der Waals surface area contributed by atoms with Crippen molar-refractivity contribution in [2.75, 3.05) is 0 Å². The van der Waals surface area contributed by atoms with E-state index in [0.29, 0.717) is 18.5 Å². The molecule has 0 saturated heterocycles. The number of nitrogens with zero attached hydrogens (tertiary/aromatic N) is 1. The van der Waals surface area contributed by atoms with Crippen molar-refractivity contribution in [3.05, 3.63) is 40.8 Å². The van der Waals surface area contributed by atoms with Crippen LogP contribution < -0.4 is 5.32 Å². The van der Waals surface area contributed by atoms with E-state index in [4.69, 9.17) is 4.42 Å². The number of aromatic nitrogens is 1. The molecule has 17 heavy (non-hydrogen) atoms. The molecule has 90 valence electrons. The van der Waals surface area contributed by atoms with Gasteiger partial charge in [0, 0.05) is 16.1 Å². The Balaban J connectivity index is 2.12. The summed E-state index contributed by atoms with van der Waals surface area (Å²) in [5.41, 5.74) is 1.03. The Morgan fingerprint density at radius 2 is 2.24 bits per heavy atom. The molecule has 1 N–H and O–H groups in total. The van der Waals surface area contributed by atoms with Crippen LogP contribution >= 0.6 is 15.9 Å². The Kier molecular flexibility index (Phi) is 3.97. The van der Waals surface area contributed by atoms with Crippen LogP contribution in [0.1, 0.15) is 19.7 Å². The monoisotopic (exact) mass is 294 g/mol. The van der Waals surface area contributed by atoms with E-state index in [-0.39, 0.29) is 0 Å². The first-order valence-electron chi connectivity index (χ1n) is 5.59. The molecule has 0 bridgehead atoms. The summed E-state index contributed by atoms with van der Waals surface area (Å²) in [5, 5.41) is 3.27. The molecule has 0 amide bonds. The molecule has 0 fully saturated rings. The molecule has 1 aromatic carbocycles. The molecule has 1 aromatic heterocycles. The average molecular weight is 295 g/mol. The summed E-state index contributed by atoms with van der Waals surface area (Å²) in [4.78, 5) is 4.25. The first-order valence-corrected chi connectivity index (χ1v) is 6.38. The molecule has 0 aliphatic carbocycles. The van der Waals surface area contributed by atoms with Gasteiger partial charge in [-0.3, -0.25) is 0 Å². The number of benzene rings is 1. The van der Waals surface area contributed by atoms with Gasteiger partial charge in [-0.25, -0.2) is 4.98 Å². The van der Waals surface area contributed by atoms with Gasteiger partial charge >= 0.3 is 0 Å². The van der Waals surface area contributed by atoms with Crippen molar-refractivity contribution >= 4 is 15.9 Å². The van der Waals surface area contributed by atoms with Crippen LogP contribution in [0.4, 0.5) is 0 Å². The molecule has 0 aliphatic heterocycles. The Labute approximate surface area is 109 Å². The molecule has 1 heterocycles. The number of rotatable bonds is 4. The third-order valence-corrected chi connectivity index (χ3v) is 2.82. The van der Waals surface area contributed by atoms with Crippen molar-refractivity contribution in [2.24, 2.45) is 0 Å². The van der Waals surface area contributed by atoms with Gasteiger partial charge < -0.3 is 9.73 Å². The van der Waals surface area contributed by atoms with Gasteiger partial charge in [0.2, 0.25) is 5.89 Å². The Morgan fingerprint density at radius 1 is 1.41 bits per heavy atom. The lowest BCUT2D eigenvalue weighted by molar-refractivity contribution is 0.459. The Morgan fingerprint density at radius 3 is 2.94 bits per heavy atom. The van der Waals surface area contributed by atoms with Crippen molar-refractivity contribution in [3.63, 3.8) is 0 Å². The van der Waals surface area contributed by atoms with E-state index in [0.717, 1.165) is 15.8 Å². The van der Waals surface area contributed by atoms with Crippen LogP contribution in [0.2, 0.25) is 0 Å². The smallest absolute Gasteiger partial charge is 0.208 e. The van der Waals surface area contributed by atoms with E-state index in [9.17, 15) is 0 Å². The fraction of sp³-hybridized carbons (Fsp3) is 0.308. The quantitative estimate of drug-likeness (QED) is 0.936. The number of halogens is 1. The van der Waals surface area contributed by atoms with Crippen LogP contribution in [0.5, 0.6) is 0 Å². The molecule has 0 spiro atoms. The fourth-order valence-electron chi connectivity index (χ4n) is 1.46. The zero-order chi connectivity index (χ0) is 12.3. The molecule has 0 atom stereocenters. The molecule has 2 aromatic rings. The van der Waals surface area contributed by atoms with E-state index in [1.807, 2.05) is 24.3 Å². The molecule has 0 saturated carbocycles. The van der Waals surface area contributed by atoms with E-state index < -0.39 is 0 Å². The molecule has 3 nitrogen and oxygen atoms in total. The number of oxazole rings is 1. The normalized spacial score (nSPS) is 11.1. The summed E-state index contributed by atoms with van der Waals surface area (Å²) in [7, 11) is 0. The molecule has 4 heteroatoms. The van der Waals surface area contributed by atoms with Gasteiger partial charge in [0.25, 0.3) is 0 Å². The highest BCUT2D eigenvalue weighted by molar-refractivity contribution is 9.10. The maximum absolute atomic E-state index is 5.68. The van der Waals surface area contributed by atoms with E-state index >= 15 is 0 Å². The minimum atomic E-state index is 0.427. The standard InChI is InChI=1S/C13H15BrN2O/c1-9(2)15-8-13-16-7-12(17-13)10-4-3-5-11(14)6-10/h3-7,9,15H,8H2,1-2H3. The second-order valence-corrected chi connectivity index (χ2v) is 5.08. The third kappa shape index (κ3) is 3.41. The SMILES string of the molecule is CC(C)NCc1ncc(-c2cccc(Br)c2)o1. The number of nitrogens with one attached hydrogen (secondary N) is 1. The first-order chi connectivity index (χ1) is 8.15. The second-order valence-electron chi connectivity index (χ2n) is 4.16. The molecule has 0 aliphatic rings. The molecular weight excluding hydrogens is 280 g/mol. The second kappa shape index (κ2) is 5.47. The summed E-state index contributed by atoms with van der Waals surface area (Å²) >= 11 is 3.44. The lowest BCUT2D eigenvalue weighted by Crippen LogP contribution is -2.21. The summed E-state index contributed by atoms with van der Waals surface area (Å²) in [6.45, 7) is 4.85. The molecule has 0 radical (unpaired) electrons. The number of hydrogen-bond donors (Lipinski definition) is 1. The first kappa shape index (κ1) is 12.3. The van der Waals surface area contributed by atoms with Gasteiger partial charge in [-0.2, -0.15) is 0 Å². The van der Waals surface area contributed by atoms with Gasteiger partial charge in [-0.15, -0.1) is 0 Å². The largest absolute Gasteiger partial charge is 0.439 e. The van der Waals surface area contributed by atoms with E-state index in [1.165, 1.54) is 0 Å². The highest BCUT2D eigenvalue weighted by Gasteiger charge is 2.06. The van der Waals surface area contributed by atoms with E-state index in [1.54, 1.807) is 6.20 Å². The lowest BCUT2D eigenvalue weighted by atomic mass is 10.2. The maximum atomic E-state index is 5.68. The molecular formula is C13H15BrN2O. The van der Waals surface area contributed by atoms with Gasteiger partial charge in [-0.05, 0) is 12.1 Å². The zero-order valence-corrected chi connectivity index (χ0v) is 11.5. The van der Waals surface area contributed by atoms with Crippen LogP contribution in [-0.4, -0.2) is 11.0 Å². The Bertz CT molecular complexity index is 494. The molecule has 0 unspecified atom stereocenters. The van der Waals surface area contributed by atoms with E-state index in [2.05, 4.69) is 40.1 Å². The summed E-state index contributed by atoms with van der Waals surface area (Å²) in [6.07, 6.45) is 1.76. The predicted molar refractivity (Wildman–Crippen MR) is 71.6 cm³/mol. The van der Waals surface area contributed by atoms with Crippen LogP contribution in [0, 0.1) is 0 Å². The highest BCUT2D eigenvalue weighted by atomic mass is 79.9. The van der Waals surface area contributed by atoms with Crippen molar-refractivity contribution in [1.82, 2.24) is 10.3 Å². The predicted octanol–water partition coefficient (Wildman–Crippen LogP) is 3.60. The minimum absolute atomic E-state index is 0.427. The summed E-state index contributed by atoms with van der Waals surface area (Å²) in [6, 6.07) is 8.41. The van der Waals surface area contributed by atoms with Gasteiger partial charge in [0.15, 0.2) is 5.76 Å². The fourth-order valence-corrected chi connectivity index (χ4v) is 1.86. The average Bonchev–Trinajstić information content (AvgIpc) is 2.75. The van der Waals surface area contributed by atoms with Crippen LogP contribution in [0.3, 0.4) is 0 Å². The van der Waals surface area contributed by atoms with Gasteiger partial charge in [0.1, 0.15) is 0 Å². The maximum Gasteiger partial charge on any atom is 0.208 e. The highest BCUT2D eigenvalue weighted by Crippen LogP contribution is 2.23. The topological polar surface area (TPSA) is 38.1 Å². The number of hydrogen-bond acceptors (Lipinski definition) is 3. The summed E-state index contributed by atoms with van der Waals surface area (Å²) < 4.78 is 6.72. The summed E-state index contributed by atoms with van der Waals surface area (Å²) in [5.74, 6) is 1.51. The van der Waals surface area contributed by atoms with Crippen molar-refractivity contribution in [1.29, 1.82) is 0 Å². The molecule has 2 rings (SSSR count). The third-order valence-electron chi connectivity index (χ3n) is 2.32. The van der Waals surface area contributed by atoms with Crippen LogP contribution in [-0.2, 0) is 6.54 Å². The van der Waals surface area contributed by atoms with Gasteiger partial charge in [-0.1, -0.05) is 41.9 Å². The minimum Gasteiger partial charge on any atom is -0.439 e. The zero-order valence-electron chi connectivity index (χ0n) is 9.90. The lowest BCUT2D eigenvalue weighted by Gasteiger charge is -2.04. The van der Waals surface area contributed by atoms with Gasteiger partial charge in [0.05, 0.1) is 12.7 Å². The van der Waals surface area contributed by atoms with Crippen molar-refractivity contribution < 1.29 is 4.42 Å². The van der Waals surface area contributed by atoms with Crippen molar-refractivity contribution in [2.45, 2.75) is 26.4 Å². The Hall–Kier alpha value is -1.13. The van der Waals surface area contributed by atoms with Crippen LogP contribution in [0.25, 0.3) is 11.3 Å². The van der Waals surface area contributed by atoms with Crippen molar-refractivity contribution in [3.8, 4) is 11.3 Å². The van der Waals surface area contributed by atoms with Crippen LogP contribution in [0.15, 0.2) is 39.4 Å².